The van der Waals surface area contributed by atoms with Gasteiger partial charge in [0.05, 0.1) is 0 Å². The van der Waals surface area contributed by atoms with E-state index in [1.807, 2.05) is 13.8 Å². The molecule has 0 aromatic heterocycles. The van der Waals surface area contributed by atoms with E-state index in [4.69, 9.17) is 9.47 Å². The lowest BCUT2D eigenvalue weighted by atomic mass is 9.69. The predicted octanol–water partition coefficient (Wildman–Crippen LogP) is 5.61. The van der Waals surface area contributed by atoms with E-state index >= 15 is 0 Å². The van der Waals surface area contributed by atoms with Crippen LogP contribution in [0.3, 0.4) is 0 Å². The van der Waals surface area contributed by atoms with Crippen molar-refractivity contribution in [3.63, 3.8) is 0 Å². The topological polar surface area (TPSA) is 52.6 Å². The third kappa shape index (κ3) is 5.48. The van der Waals surface area contributed by atoms with Crippen molar-refractivity contribution in [2.24, 2.45) is 23.2 Å². The normalized spacial score (nSPS) is 37.0. The van der Waals surface area contributed by atoms with Crippen LogP contribution in [0.2, 0.25) is 0 Å². The first-order chi connectivity index (χ1) is 12.9. The zero-order valence-corrected chi connectivity index (χ0v) is 18.7. The Labute approximate surface area is 170 Å². The monoisotopic (exact) mass is 390 g/mol. The number of esters is 2. The number of carbonyl (C=O) groups is 2. The molecule has 0 radical (unpaired) electrons. The van der Waals surface area contributed by atoms with Gasteiger partial charge >= 0.3 is 11.9 Å². The van der Waals surface area contributed by atoms with Crippen molar-refractivity contribution in [2.45, 2.75) is 92.3 Å². The number of allylic oxidation sites excluding steroid dienone is 3. The summed E-state index contributed by atoms with van der Waals surface area (Å²) >= 11 is 0. The molecule has 4 heteroatoms. The first kappa shape index (κ1) is 22.7. The molecule has 4 nitrogen and oxygen atoms in total. The molecule has 0 heterocycles. The molecule has 5 atom stereocenters. The summed E-state index contributed by atoms with van der Waals surface area (Å²) in [6.07, 6.45) is 11.7. The molecule has 0 unspecified atom stereocenters. The number of rotatable bonds is 3. The van der Waals surface area contributed by atoms with Gasteiger partial charge in [0.15, 0.2) is 0 Å². The van der Waals surface area contributed by atoms with Crippen molar-refractivity contribution in [3.8, 4) is 0 Å². The average molecular weight is 391 g/mol. The summed E-state index contributed by atoms with van der Waals surface area (Å²) in [5.74, 6) is 0.156. The van der Waals surface area contributed by atoms with Gasteiger partial charge in [-0.25, -0.2) is 0 Å². The van der Waals surface area contributed by atoms with E-state index in [0.29, 0.717) is 5.92 Å². The van der Waals surface area contributed by atoms with Crippen molar-refractivity contribution in [3.05, 3.63) is 23.8 Å². The van der Waals surface area contributed by atoms with Crippen molar-refractivity contribution < 1.29 is 19.1 Å². The van der Waals surface area contributed by atoms with Crippen LogP contribution in [0.1, 0.15) is 80.6 Å². The Balaban J connectivity index is 2.54. The largest absolute Gasteiger partial charge is 0.460 e. The van der Waals surface area contributed by atoms with E-state index in [0.717, 1.165) is 32.1 Å². The molecule has 1 fully saturated rings. The highest BCUT2D eigenvalue weighted by atomic mass is 16.6. The molecule has 0 saturated heterocycles. The number of ether oxygens (including phenoxy) is 2. The van der Waals surface area contributed by atoms with Crippen molar-refractivity contribution >= 4 is 11.9 Å². The van der Waals surface area contributed by atoms with Crippen molar-refractivity contribution in [2.75, 3.05) is 0 Å². The second-order valence-corrected chi connectivity index (χ2v) is 9.69. The zero-order valence-electron chi connectivity index (χ0n) is 18.7. The van der Waals surface area contributed by atoms with E-state index in [9.17, 15) is 9.59 Å². The van der Waals surface area contributed by atoms with Gasteiger partial charge in [-0.15, -0.1) is 0 Å². The number of fused-ring (bicyclic) bond motifs is 1. The van der Waals surface area contributed by atoms with Crippen LogP contribution in [0.15, 0.2) is 23.8 Å². The van der Waals surface area contributed by atoms with Gasteiger partial charge in [0.25, 0.3) is 0 Å². The Bertz CT molecular complexity index is 645. The minimum Gasteiger partial charge on any atom is -0.460 e. The Morgan fingerprint density at radius 3 is 2.46 bits per heavy atom. The van der Waals surface area contributed by atoms with Crippen molar-refractivity contribution in [1.82, 2.24) is 0 Å². The van der Waals surface area contributed by atoms with Crippen LogP contribution in [0.25, 0.3) is 0 Å². The van der Waals surface area contributed by atoms with Gasteiger partial charge in [0, 0.05) is 25.7 Å². The first-order valence-electron chi connectivity index (χ1n) is 10.7. The minimum absolute atomic E-state index is 0.0576. The van der Waals surface area contributed by atoms with Gasteiger partial charge < -0.3 is 9.47 Å². The van der Waals surface area contributed by atoms with Crippen LogP contribution in [0.5, 0.6) is 0 Å². The van der Waals surface area contributed by atoms with E-state index in [1.54, 1.807) is 0 Å². The first-order valence-corrected chi connectivity index (χ1v) is 10.7. The maximum atomic E-state index is 12.0. The van der Waals surface area contributed by atoms with E-state index < -0.39 is 5.60 Å². The highest BCUT2D eigenvalue weighted by Gasteiger charge is 2.54. The smallest absolute Gasteiger partial charge is 0.303 e. The second-order valence-electron chi connectivity index (χ2n) is 9.69. The molecule has 0 aliphatic heterocycles. The Morgan fingerprint density at radius 1 is 1.18 bits per heavy atom. The highest BCUT2D eigenvalue weighted by molar-refractivity contribution is 5.67. The summed E-state index contributed by atoms with van der Waals surface area (Å²) in [5, 5.41) is 0. The molecule has 0 amide bonds. The summed E-state index contributed by atoms with van der Waals surface area (Å²) in [6.45, 7) is 13.6. The molecule has 1 saturated carbocycles. The quantitative estimate of drug-likeness (QED) is 0.464. The molecule has 0 aromatic rings. The summed E-state index contributed by atoms with van der Waals surface area (Å²) in [4.78, 5) is 23.7. The molecule has 158 valence electrons. The third-order valence-electron chi connectivity index (χ3n) is 6.63. The fourth-order valence-electron chi connectivity index (χ4n) is 5.25. The maximum Gasteiger partial charge on any atom is 0.303 e. The Morgan fingerprint density at radius 2 is 1.86 bits per heavy atom. The number of hydrogen-bond acceptors (Lipinski definition) is 4. The lowest BCUT2D eigenvalue weighted by Crippen LogP contribution is -2.46. The maximum absolute atomic E-state index is 12.0. The molecular formula is C24H38O4. The SMILES string of the molecule is CC(=O)O[C@H]1/C=C(\C)CCC[C@@H](C)/C=C/[C@@]2(C)CC[C@@H](C(C)(C)OC(C)=O)[C@H]12. The van der Waals surface area contributed by atoms with Crippen LogP contribution >= 0.6 is 0 Å². The summed E-state index contributed by atoms with van der Waals surface area (Å²) in [5.41, 5.74) is 0.532. The molecule has 0 bridgehead atoms. The summed E-state index contributed by atoms with van der Waals surface area (Å²) in [6, 6.07) is 0. The van der Waals surface area contributed by atoms with Crippen LogP contribution in [0, 0.1) is 23.2 Å². The predicted molar refractivity (Wildman–Crippen MR) is 112 cm³/mol. The van der Waals surface area contributed by atoms with Gasteiger partial charge in [0.1, 0.15) is 11.7 Å². The third-order valence-corrected chi connectivity index (χ3v) is 6.63. The van der Waals surface area contributed by atoms with Crippen LogP contribution < -0.4 is 0 Å². The van der Waals surface area contributed by atoms with Gasteiger partial charge in [-0.1, -0.05) is 31.6 Å². The Kier molecular flexibility index (Phi) is 7.17. The van der Waals surface area contributed by atoms with Gasteiger partial charge in [-0.05, 0) is 70.3 Å². The lowest BCUT2D eigenvalue weighted by Gasteiger charge is -2.42. The fraction of sp³-hybridized carbons (Fsp3) is 0.750. The van der Waals surface area contributed by atoms with E-state index in [2.05, 4.69) is 39.0 Å². The van der Waals surface area contributed by atoms with Gasteiger partial charge in [-0.2, -0.15) is 0 Å². The Hall–Kier alpha value is -1.58. The zero-order chi connectivity index (χ0) is 21.1. The number of carbonyl (C=O) groups excluding carboxylic acids is 2. The lowest BCUT2D eigenvalue weighted by molar-refractivity contribution is -0.166. The van der Waals surface area contributed by atoms with Gasteiger partial charge in [-0.3, -0.25) is 9.59 Å². The van der Waals surface area contributed by atoms with Crippen molar-refractivity contribution in [1.29, 1.82) is 0 Å². The fourth-order valence-corrected chi connectivity index (χ4v) is 5.25. The van der Waals surface area contributed by atoms with Gasteiger partial charge in [0.2, 0.25) is 0 Å². The highest BCUT2D eigenvalue weighted by Crippen LogP contribution is 2.55. The molecular weight excluding hydrogens is 352 g/mol. The van der Waals surface area contributed by atoms with Crippen LogP contribution in [0.4, 0.5) is 0 Å². The standard InChI is InChI=1S/C24H38O4/c1-16-9-8-10-17(2)15-21(27-18(3)25)22-20(23(5,6)28-19(4)26)12-14-24(22,7)13-11-16/h11,13,15-16,20-22H,8-10,12,14H2,1-7H3/b13-11+,17-15+/t16-,20-,21+,22-,24+/m1/s1. The second kappa shape index (κ2) is 8.84. The molecule has 0 N–H and O–H groups in total. The number of hydrogen-bond donors (Lipinski definition) is 0. The molecule has 2 rings (SSSR count). The van der Waals surface area contributed by atoms with Crippen LogP contribution in [-0.4, -0.2) is 23.6 Å². The molecule has 28 heavy (non-hydrogen) atoms. The average Bonchev–Trinajstić information content (AvgIpc) is 2.88. The van der Waals surface area contributed by atoms with Crippen LogP contribution in [-0.2, 0) is 19.1 Å². The molecule has 2 aliphatic carbocycles. The molecule has 0 aromatic carbocycles. The van der Waals surface area contributed by atoms with E-state index in [-0.39, 0.29) is 35.3 Å². The minimum atomic E-state index is -0.617. The summed E-state index contributed by atoms with van der Waals surface area (Å²) in [7, 11) is 0. The molecule has 0 spiro atoms. The summed E-state index contributed by atoms with van der Waals surface area (Å²) < 4.78 is 11.6. The molecule has 2 aliphatic rings. The van der Waals surface area contributed by atoms with E-state index in [1.165, 1.54) is 19.4 Å².